The molecule has 5 nitrogen and oxygen atoms in total. The normalized spacial score (nSPS) is 12.5. The van der Waals surface area contributed by atoms with Crippen LogP contribution in [0.4, 0.5) is 0 Å². The first-order valence-electron chi connectivity index (χ1n) is 6.06. The average Bonchev–Trinajstić information content (AvgIpc) is 2.61. The first-order valence-corrected chi connectivity index (χ1v) is 7.83. The van der Waals surface area contributed by atoms with Crippen molar-refractivity contribution in [3.8, 4) is 0 Å². The number of carbonyl (C=O) groups excluding carboxylic acids is 1. The Bertz CT molecular complexity index is 437. The Morgan fingerprint density at radius 1 is 1.63 bits per heavy atom. The molecule has 0 aliphatic heterocycles. The van der Waals surface area contributed by atoms with Crippen molar-refractivity contribution in [3.05, 3.63) is 16.4 Å². The van der Waals surface area contributed by atoms with Gasteiger partial charge in [0.2, 0.25) is 5.91 Å². The maximum absolute atomic E-state index is 11.9. The molecule has 7 heteroatoms. The Hall–Kier alpha value is -0.720. The Labute approximate surface area is 122 Å². The van der Waals surface area contributed by atoms with Gasteiger partial charge in [0.25, 0.3) is 0 Å². The predicted octanol–water partition coefficient (Wildman–Crippen LogP) is 1.15. The first-order chi connectivity index (χ1) is 8.99. The third-order valence-electron chi connectivity index (χ3n) is 2.86. The molecular formula is C12H20ClN3O2S. The number of rotatable bonds is 7. The van der Waals surface area contributed by atoms with Gasteiger partial charge in [-0.1, -0.05) is 11.6 Å². The van der Waals surface area contributed by atoms with Crippen LogP contribution in [0.15, 0.2) is 0 Å². The Balaban J connectivity index is 2.59. The molecule has 108 valence electrons. The standard InChI is InChI=1S/C12H20ClN3O2S/c1-8-10(12(13)16(2)15-8)6-11(18)14-9(7-17)4-5-19-3/h9,17H,4-7H2,1-3H3,(H,14,18). The van der Waals surface area contributed by atoms with Gasteiger partial charge < -0.3 is 10.4 Å². The zero-order chi connectivity index (χ0) is 14.4. The van der Waals surface area contributed by atoms with Crippen LogP contribution in [0.5, 0.6) is 0 Å². The van der Waals surface area contributed by atoms with E-state index in [4.69, 9.17) is 11.6 Å². The zero-order valence-corrected chi connectivity index (χ0v) is 13.0. The van der Waals surface area contributed by atoms with Crippen molar-refractivity contribution in [3.63, 3.8) is 0 Å². The fourth-order valence-corrected chi connectivity index (χ4v) is 2.54. The number of halogens is 1. The fourth-order valence-electron chi connectivity index (χ4n) is 1.78. The lowest BCUT2D eigenvalue weighted by atomic mass is 10.1. The van der Waals surface area contributed by atoms with Gasteiger partial charge in [-0.3, -0.25) is 9.48 Å². The molecule has 1 aromatic rings. The quantitative estimate of drug-likeness (QED) is 0.793. The second kappa shape index (κ2) is 7.77. The van der Waals surface area contributed by atoms with E-state index in [0.717, 1.165) is 23.4 Å². The lowest BCUT2D eigenvalue weighted by Crippen LogP contribution is -2.38. The number of aryl methyl sites for hydroxylation is 2. The van der Waals surface area contributed by atoms with E-state index in [1.165, 1.54) is 0 Å². The molecule has 0 bridgehead atoms. The molecule has 0 saturated carbocycles. The molecule has 1 atom stereocenters. The zero-order valence-electron chi connectivity index (χ0n) is 11.4. The SMILES string of the molecule is CSCCC(CO)NC(=O)Cc1c(C)nn(C)c1Cl. The first kappa shape index (κ1) is 16.3. The van der Waals surface area contributed by atoms with Crippen molar-refractivity contribution >= 4 is 29.3 Å². The van der Waals surface area contributed by atoms with Crippen molar-refractivity contribution in [1.82, 2.24) is 15.1 Å². The van der Waals surface area contributed by atoms with E-state index in [1.807, 2.05) is 13.2 Å². The minimum absolute atomic E-state index is 0.0495. The number of hydrogen-bond donors (Lipinski definition) is 2. The molecule has 1 rings (SSSR count). The van der Waals surface area contributed by atoms with Gasteiger partial charge in [0.15, 0.2) is 0 Å². The van der Waals surface area contributed by atoms with Crippen LogP contribution in [-0.4, -0.2) is 45.5 Å². The lowest BCUT2D eigenvalue weighted by molar-refractivity contribution is -0.121. The maximum atomic E-state index is 11.9. The highest BCUT2D eigenvalue weighted by molar-refractivity contribution is 7.98. The molecule has 2 N–H and O–H groups in total. The Kier molecular flexibility index (Phi) is 6.68. The van der Waals surface area contributed by atoms with Crippen LogP contribution < -0.4 is 5.32 Å². The predicted molar refractivity (Wildman–Crippen MR) is 78.7 cm³/mol. The lowest BCUT2D eigenvalue weighted by Gasteiger charge is -2.15. The summed E-state index contributed by atoms with van der Waals surface area (Å²) in [5, 5.41) is 16.7. The van der Waals surface area contributed by atoms with Crippen molar-refractivity contribution < 1.29 is 9.90 Å². The number of nitrogens with one attached hydrogen (secondary N) is 1. The topological polar surface area (TPSA) is 67.2 Å². The molecular weight excluding hydrogens is 286 g/mol. The molecule has 1 aromatic heterocycles. The summed E-state index contributed by atoms with van der Waals surface area (Å²) in [6, 6.07) is -0.198. The van der Waals surface area contributed by atoms with Crippen LogP contribution >= 0.6 is 23.4 Å². The van der Waals surface area contributed by atoms with Crippen LogP contribution in [0, 0.1) is 6.92 Å². The van der Waals surface area contributed by atoms with Crippen LogP contribution in [-0.2, 0) is 18.3 Å². The summed E-state index contributed by atoms with van der Waals surface area (Å²) in [6.45, 7) is 1.78. The van der Waals surface area contributed by atoms with Gasteiger partial charge in [0.1, 0.15) is 5.15 Å². The largest absolute Gasteiger partial charge is 0.394 e. The van der Waals surface area contributed by atoms with Crippen LogP contribution in [0.1, 0.15) is 17.7 Å². The Morgan fingerprint density at radius 3 is 2.79 bits per heavy atom. The number of hydrogen-bond acceptors (Lipinski definition) is 4. The van der Waals surface area contributed by atoms with Gasteiger partial charge in [-0.05, 0) is 25.4 Å². The van der Waals surface area contributed by atoms with Gasteiger partial charge in [0.05, 0.1) is 24.8 Å². The van der Waals surface area contributed by atoms with E-state index in [-0.39, 0.29) is 25.0 Å². The average molecular weight is 306 g/mol. The van der Waals surface area contributed by atoms with Crippen molar-refractivity contribution in [2.45, 2.75) is 25.8 Å². The molecule has 0 radical (unpaired) electrons. The summed E-state index contributed by atoms with van der Waals surface area (Å²) in [4.78, 5) is 11.9. The molecule has 1 amide bonds. The van der Waals surface area contributed by atoms with E-state index in [1.54, 1.807) is 23.5 Å². The molecule has 0 spiro atoms. The molecule has 1 unspecified atom stereocenters. The van der Waals surface area contributed by atoms with Crippen molar-refractivity contribution in [2.75, 3.05) is 18.6 Å². The highest BCUT2D eigenvalue weighted by atomic mass is 35.5. The number of nitrogens with zero attached hydrogens (tertiary/aromatic N) is 2. The maximum Gasteiger partial charge on any atom is 0.224 e. The van der Waals surface area contributed by atoms with Gasteiger partial charge in [0, 0.05) is 12.6 Å². The molecule has 0 fully saturated rings. The third kappa shape index (κ3) is 4.71. The minimum Gasteiger partial charge on any atom is -0.394 e. The third-order valence-corrected chi connectivity index (χ3v) is 3.98. The molecule has 0 saturated heterocycles. The second-order valence-corrected chi connectivity index (χ2v) is 5.73. The summed E-state index contributed by atoms with van der Waals surface area (Å²) in [5.74, 6) is 0.760. The summed E-state index contributed by atoms with van der Waals surface area (Å²) in [6.07, 6.45) is 2.94. The smallest absolute Gasteiger partial charge is 0.224 e. The van der Waals surface area contributed by atoms with Crippen molar-refractivity contribution in [2.24, 2.45) is 7.05 Å². The summed E-state index contributed by atoms with van der Waals surface area (Å²) < 4.78 is 1.55. The highest BCUT2D eigenvalue weighted by Gasteiger charge is 2.17. The van der Waals surface area contributed by atoms with Crippen molar-refractivity contribution in [1.29, 1.82) is 0 Å². The summed E-state index contributed by atoms with van der Waals surface area (Å²) >= 11 is 7.77. The number of aromatic nitrogens is 2. The molecule has 0 aliphatic carbocycles. The van der Waals surface area contributed by atoms with Gasteiger partial charge in [-0.25, -0.2) is 0 Å². The summed E-state index contributed by atoms with van der Waals surface area (Å²) in [7, 11) is 1.74. The highest BCUT2D eigenvalue weighted by Crippen LogP contribution is 2.19. The number of amides is 1. The van der Waals surface area contributed by atoms with Gasteiger partial charge >= 0.3 is 0 Å². The number of carbonyl (C=O) groups is 1. The Morgan fingerprint density at radius 2 is 2.32 bits per heavy atom. The number of aliphatic hydroxyl groups is 1. The second-order valence-electron chi connectivity index (χ2n) is 4.38. The van der Waals surface area contributed by atoms with Gasteiger partial charge in [-0.15, -0.1) is 0 Å². The minimum atomic E-state index is -0.198. The van der Waals surface area contributed by atoms with Crippen LogP contribution in [0.2, 0.25) is 5.15 Å². The van der Waals surface area contributed by atoms with E-state index < -0.39 is 0 Å². The monoisotopic (exact) mass is 305 g/mol. The van der Waals surface area contributed by atoms with Gasteiger partial charge in [-0.2, -0.15) is 16.9 Å². The van der Waals surface area contributed by atoms with E-state index in [9.17, 15) is 9.90 Å². The molecule has 19 heavy (non-hydrogen) atoms. The van der Waals surface area contributed by atoms with E-state index in [0.29, 0.717) is 5.15 Å². The number of thioether (sulfide) groups is 1. The fraction of sp³-hybridized carbons (Fsp3) is 0.667. The molecule has 0 aliphatic rings. The van der Waals surface area contributed by atoms with E-state index in [2.05, 4.69) is 10.4 Å². The van der Waals surface area contributed by atoms with Crippen LogP contribution in [0.25, 0.3) is 0 Å². The number of aliphatic hydroxyl groups excluding tert-OH is 1. The van der Waals surface area contributed by atoms with Crippen LogP contribution in [0.3, 0.4) is 0 Å². The molecule has 0 aromatic carbocycles. The molecule has 1 heterocycles. The summed E-state index contributed by atoms with van der Waals surface area (Å²) in [5.41, 5.74) is 1.50. The van der Waals surface area contributed by atoms with E-state index >= 15 is 0 Å².